The van der Waals surface area contributed by atoms with Gasteiger partial charge in [-0.1, -0.05) is 12.1 Å². The highest BCUT2D eigenvalue weighted by molar-refractivity contribution is 5.95. The van der Waals surface area contributed by atoms with Crippen LogP contribution in [0.5, 0.6) is 0 Å². The molecule has 0 aliphatic carbocycles. The standard InChI is InChI=1S/C22H20F2N4O2/c23-16-6-8-17(9-7-16)28-13-10-20(25-28)22(30)27-12-3-11-26(14-15-27)21(29)18-4-1-2-5-19(18)24/h1-2,4-10,13H,3,11-12,14-15H2. The summed E-state index contributed by atoms with van der Waals surface area (Å²) in [6.07, 6.45) is 2.23. The number of carbonyl (C=O) groups is 2. The van der Waals surface area contributed by atoms with E-state index < -0.39 is 5.82 Å². The molecule has 0 unspecified atom stereocenters. The maximum absolute atomic E-state index is 13.9. The molecule has 1 aliphatic heterocycles. The van der Waals surface area contributed by atoms with Gasteiger partial charge < -0.3 is 9.80 Å². The molecule has 0 atom stereocenters. The summed E-state index contributed by atoms with van der Waals surface area (Å²) in [4.78, 5) is 28.7. The smallest absolute Gasteiger partial charge is 0.274 e. The Hall–Kier alpha value is -3.55. The average molecular weight is 410 g/mol. The van der Waals surface area contributed by atoms with Gasteiger partial charge >= 0.3 is 0 Å². The van der Waals surface area contributed by atoms with Crippen molar-refractivity contribution in [2.24, 2.45) is 0 Å². The van der Waals surface area contributed by atoms with Crippen LogP contribution in [0.15, 0.2) is 60.8 Å². The summed E-state index contributed by atoms with van der Waals surface area (Å²) < 4.78 is 28.6. The van der Waals surface area contributed by atoms with Crippen molar-refractivity contribution >= 4 is 11.8 Å². The third-order valence-corrected chi connectivity index (χ3v) is 5.07. The van der Waals surface area contributed by atoms with Gasteiger partial charge in [0.25, 0.3) is 11.8 Å². The molecule has 1 aliphatic rings. The highest BCUT2D eigenvalue weighted by atomic mass is 19.1. The van der Waals surface area contributed by atoms with E-state index in [-0.39, 0.29) is 28.9 Å². The van der Waals surface area contributed by atoms with Crippen LogP contribution in [-0.2, 0) is 0 Å². The normalized spacial score (nSPS) is 14.5. The van der Waals surface area contributed by atoms with Crippen LogP contribution >= 0.6 is 0 Å². The van der Waals surface area contributed by atoms with E-state index in [1.807, 2.05) is 0 Å². The molecule has 0 spiro atoms. The van der Waals surface area contributed by atoms with Crippen molar-refractivity contribution in [2.75, 3.05) is 26.2 Å². The topological polar surface area (TPSA) is 58.4 Å². The number of nitrogens with zero attached hydrogens (tertiary/aromatic N) is 4. The minimum absolute atomic E-state index is 0.0373. The number of halogens is 2. The molecule has 6 nitrogen and oxygen atoms in total. The van der Waals surface area contributed by atoms with Gasteiger partial charge in [0.05, 0.1) is 11.3 Å². The SMILES string of the molecule is O=C(c1ccn(-c2ccc(F)cc2)n1)N1CCCN(C(=O)c2ccccc2F)CC1. The van der Waals surface area contributed by atoms with Gasteiger partial charge in [-0.25, -0.2) is 13.5 Å². The zero-order valence-corrected chi connectivity index (χ0v) is 16.2. The molecule has 2 aromatic carbocycles. The van der Waals surface area contributed by atoms with E-state index >= 15 is 0 Å². The Morgan fingerprint density at radius 2 is 1.47 bits per heavy atom. The molecule has 3 aromatic rings. The molecule has 0 bridgehead atoms. The van der Waals surface area contributed by atoms with E-state index in [4.69, 9.17) is 0 Å². The van der Waals surface area contributed by atoms with E-state index in [2.05, 4.69) is 5.10 Å². The molecule has 4 rings (SSSR count). The number of aromatic nitrogens is 2. The van der Waals surface area contributed by atoms with Crippen LogP contribution in [-0.4, -0.2) is 57.6 Å². The van der Waals surface area contributed by atoms with Crippen LogP contribution in [0.2, 0.25) is 0 Å². The number of carbonyl (C=O) groups excluding carboxylic acids is 2. The van der Waals surface area contributed by atoms with Crippen LogP contribution in [0, 0.1) is 11.6 Å². The molecule has 1 aromatic heterocycles. The predicted molar refractivity (Wildman–Crippen MR) is 106 cm³/mol. The fraction of sp³-hybridized carbons (Fsp3) is 0.227. The second-order valence-electron chi connectivity index (χ2n) is 7.04. The Kier molecular flexibility index (Phi) is 5.56. The molecular weight excluding hydrogens is 390 g/mol. The summed E-state index contributed by atoms with van der Waals surface area (Å²) in [7, 11) is 0. The number of rotatable bonds is 3. The Labute approximate surface area is 172 Å². The maximum atomic E-state index is 13.9. The second kappa shape index (κ2) is 8.44. The third kappa shape index (κ3) is 4.07. The summed E-state index contributed by atoms with van der Waals surface area (Å²) in [5.74, 6) is -1.51. The minimum atomic E-state index is -0.550. The average Bonchev–Trinajstić information content (AvgIpc) is 3.11. The van der Waals surface area contributed by atoms with E-state index in [0.29, 0.717) is 38.3 Å². The van der Waals surface area contributed by atoms with E-state index in [0.717, 1.165) is 0 Å². The summed E-state index contributed by atoms with van der Waals surface area (Å²) in [5.41, 5.74) is 0.955. The van der Waals surface area contributed by atoms with Crippen LogP contribution in [0.25, 0.3) is 5.69 Å². The first kappa shape index (κ1) is 19.8. The fourth-order valence-corrected chi connectivity index (χ4v) is 3.47. The van der Waals surface area contributed by atoms with Crippen molar-refractivity contribution in [3.63, 3.8) is 0 Å². The van der Waals surface area contributed by atoms with Crippen molar-refractivity contribution in [2.45, 2.75) is 6.42 Å². The lowest BCUT2D eigenvalue weighted by Crippen LogP contribution is -2.37. The van der Waals surface area contributed by atoms with Gasteiger partial charge in [0.15, 0.2) is 5.69 Å². The first-order valence-electron chi connectivity index (χ1n) is 9.67. The second-order valence-corrected chi connectivity index (χ2v) is 7.04. The molecule has 154 valence electrons. The monoisotopic (exact) mass is 410 g/mol. The summed E-state index contributed by atoms with van der Waals surface area (Å²) in [6, 6.07) is 13.3. The van der Waals surface area contributed by atoms with Crippen molar-refractivity contribution in [1.82, 2.24) is 19.6 Å². The molecule has 1 fully saturated rings. The van der Waals surface area contributed by atoms with Gasteiger partial charge in [-0.05, 0) is 48.9 Å². The minimum Gasteiger partial charge on any atom is -0.337 e. The first-order chi connectivity index (χ1) is 14.5. The largest absolute Gasteiger partial charge is 0.337 e. The highest BCUT2D eigenvalue weighted by Gasteiger charge is 2.25. The van der Waals surface area contributed by atoms with Gasteiger partial charge in [0.2, 0.25) is 0 Å². The lowest BCUT2D eigenvalue weighted by molar-refractivity contribution is 0.0713. The quantitative estimate of drug-likeness (QED) is 0.667. The van der Waals surface area contributed by atoms with Gasteiger partial charge in [-0.2, -0.15) is 5.10 Å². The van der Waals surface area contributed by atoms with Gasteiger partial charge in [-0.3, -0.25) is 9.59 Å². The molecule has 2 amide bonds. The van der Waals surface area contributed by atoms with E-state index in [1.54, 1.807) is 46.3 Å². The van der Waals surface area contributed by atoms with Crippen molar-refractivity contribution < 1.29 is 18.4 Å². The molecule has 8 heteroatoms. The first-order valence-corrected chi connectivity index (χ1v) is 9.67. The number of amides is 2. The van der Waals surface area contributed by atoms with Crippen LogP contribution in [0.3, 0.4) is 0 Å². The fourth-order valence-electron chi connectivity index (χ4n) is 3.47. The molecule has 0 radical (unpaired) electrons. The van der Waals surface area contributed by atoms with Crippen molar-refractivity contribution in [1.29, 1.82) is 0 Å². The molecule has 2 heterocycles. The zero-order chi connectivity index (χ0) is 21.1. The Balaban J connectivity index is 1.43. The number of hydrogen-bond acceptors (Lipinski definition) is 3. The van der Waals surface area contributed by atoms with E-state index in [9.17, 15) is 18.4 Å². The Bertz CT molecular complexity index is 1070. The van der Waals surface area contributed by atoms with Crippen LogP contribution in [0.4, 0.5) is 8.78 Å². The van der Waals surface area contributed by atoms with Crippen LogP contribution < -0.4 is 0 Å². The lowest BCUT2D eigenvalue weighted by atomic mass is 10.2. The molecular formula is C22H20F2N4O2. The van der Waals surface area contributed by atoms with Gasteiger partial charge in [0, 0.05) is 32.4 Å². The zero-order valence-electron chi connectivity index (χ0n) is 16.2. The van der Waals surface area contributed by atoms with Crippen LogP contribution in [0.1, 0.15) is 27.3 Å². The van der Waals surface area contributed by atoms with Gasteiger partial charge in [0.1, 0.15) is 11.6 Å². The summed E-state index contributed by atoms with van der Waals surface area (Å²) in [6.45, 7) is 1.57. The molecule has 1 saturated heterocycles. The number of benzene rings is 2. The summed E-state index contributed by atoms with van der Waals surface area (Å²) in [5, 5.41) is 4.30. The van der Waals surface area contributed by atoms with E-state index in [1.165, 1.54) is 28.9 Å². The molecule has 0 N–H and O–H groups in total. The lowest BCUT2D eigenvalue weighted by Gasteiger charge is -2.22. The predicted octanol–water partition coefficient (Wildman–Crippen LogP) is 3.14. The highest BCUT2D eigenvalue weighted by Crippen LogP contribution is 2.15. The molecule has 0 saturated carbocycles. The number of hydrogen-bond donors (Lipinski definition) is 0. The maximum Gasteiger partial charge on any atom is 0.274 e. The Morgan fingerprint density at radius 1 is 0.800 bits per heavy atom. The Morgan fingerprint density at radius 3 is 2.17 bits per heavy atom. The van der Waals surface area contributed by atoms with Crippen molar-refractivity contribution in [3.8, 4) is 5.69 Å². The molecule has 30 heavy (non-hydrogen) atoms. The summed E-state index contributed by atoms with van der Waals surface area (Å²) >= 11 is 0. The third-order valence-electron chi connectivity index (χ3n) is 5.07. The van der Waals surface area contributed by atoms with Crippen molar-refractivity contribution in [3.05, 3.63) is 83.7 Å². The van der Waals surface area contributed by atoms with Gasteiger partial charge in [-0.15, -0.1) is 0 Å².